The Hall–Kier alpha value is -1.23. The Morgan fingerprint density at radius 2 is 1.61 bits per heavy atom. The van der Waals surface area contributed by atoms with E-state index >= 15 is 0 Å². The van der Waals surface area contributed by atoms with Crippen molar-refractivity contribution in [1.29, 1.82) is 0 Å². The normalized spacial score (nSPS) is 12.6. The third kappa shape index (κ3) is 4.56. The summed E-state index contributed by atoms with van der Waals surface area (Å²) in [6.07, 6.45) is -3.51. The van der Waals surface area contributed by atoms with Crippen LogP contribution in [0.5, 0.6) is 0 Å². The van der Waals surface area contributed by atoms with Crippen molar-refractivity contribution < 1.29 is 13.2 Å². The fraction of sp³-hybridized carbons (Fsp3) is 0.538. The molecule has 1 rings (SSSR count). The SMILES string of the molecule is CN(CCC(C)(C)N)c1ccc(C(F)(F)F)cc1. The predicted octanol–water partition coefficient (Wildman–Crippen LogP) is 3.27. The minimum atomic E-state index is -4.28. The second-order valence-electron chi connectivity index (χ2n) is 5.20. The highest BCUT2D eigenvalue weighted by Crippen LogP contribution is 2.30. The average molecular weight is 260 g/mol. The number of benzene rings is 1. The number of nitrogens with zero attached hydrogens (tertiary/aromatic N) is 1. The summed E-state index contributed by atoms with van der Waals surface area (Å²) in [6.45, 7) is 4.55. The maximum absolute atomic E-state index is 12.4. The molecular weight excluding hydrogens is 241 g/mol. The van der Waals surface area contributed by atoms with Gasteiger partial charge < -0.3 is 10.6 Å². The largest absolute Gasteiger partial charge is 0.416 e. The Morgan fingerprint density at radius 3 is 2.00 bits per heavy atom. The van der Waals surface area contributed by atoms with E-state index in [9.17, 15) is 13.2 Å². The molecule has 2 nitrogen and oxygen atoms in total. The number of anilines is 1. The first-order valence-corrected chi connectivity index (χ1v) is 5.77. The molecule has 2 N–H and O–H groups in total. The summed E-state index contributed by atoms with van der Waals surface area (Å²) in [6, 6.07) is 5.15. The van der Waals surface area contributed by atoms with Crippen LogP contribution < -0.4 is 10.6 Å². The Kier molecular flexibility index (Phi) is 4.27. The van der Waals surface area contributed by atoms with Gasteiger partial charge in [0.25, 0.3) is 0 Å². The third-order valence-corrected chi connectivity index (χ3v) is 2.73. The standard InChI is InChI=1S/C13H19F3N2/c1-12(2,17)8-9-18(3)11-6-4-10(5-7-11)13(14,15)16/h4-7H,8-9,17H2,1-3H3. The lowest BCUT2D eigenvalue weighted by molar-refractivity contribution is -0.137. The zero-order valence-electron chi connectivity index (χ0n) is 10.9. The summed E-state index contributed by atoms with van der Waals surface area (Å²) < 4.78 is 37.2. The van der Waals surface area contributed by atoms with E-state index in [0.717, 1.165) is 24.2 Å². The van der Waals surface area contributed by atoms with Gasteiger partial charge in [-0.15, -0.1) is 0 Å². The molecule has 5 heteroatoms. The van der Waals surface area contributed by atoms with Gasteiger partial charge in [0.1, 0.15) is 0 Å². The van der Waals surface area contributed by atoms with Crippen LogP contribution in [0.15, 0.2) is 24.3 Å². The van der Waals surface area contributed by atoms with Gasteiger partial charge in [-0.25, -0.2) is 0 Å². The van der Waals surface area contributed by atoms with Crippen molar-refractivity contribution in [2.24, 2.45) is 5.73 Å². The van der Waals surface area contributed by atoms with E-state index in [1.165, 1.54) is 12.1 Å². The number of hydrogen-bond acceptors (Lipinski definition) is 2. The lowest BCUT2D eigenvalue weighted by Crippen LogP contribution is -2.36. The molecule has 0 heterocycles. The van der Waals surface area contributed by atoms with Gasteiger partial charge in [0.2, 0.25) is 0 Å². The quantitative estimate of drug-likeness (QED) is 0.900. The van der Waals surface area contributed by atoms with Crippen molar-refractivity contribution in [3.63, 3.8) is 0 Å². The third-order valence-electron chi connectivity index (χ3n) is 2.73. The molecule has 0 bridgehead atoms. The molecular formula is C13H19F3N2. The fourth-order valence-corrected chi connectivity index (χ4v) is 1.49. The molecule has 0 saturated heterocycles. The smallest absolute Gasteiger partial charge is 0.375 e. The topological polar surface area (TPSA) is 29.3 Å². The molecule has 0 saturated carbocycles. The summed E-state index contributed by atoms with van der Waals surface area (Å²) in [5.74, 6) is 0. The van der Waals surface area contributed by atoms with Crippen LogP contribution in [-0.2, 0) is 6.18 Å². The van der Waals surface area contributed by atoms with Crippen LogP contribution in [0, 0.1) is 0 Å². The van der Waals surface area contributed by atoms with Crippen LogP contribution in [0.3, 0.4) is 0 Å². The van der Waals surface area contributed by atoms with Crippen molar-refractivity contribution in [2.75, 3.05) is 18.5 Å². The first-order chi connectivity index (χ1) is 8.09. The summed E-state index contributed by atoms with van der Waals surface area (Å²) in [7, 11) is 1.84. The molecule has 102 valence electrons. The van der Waals surface area contributed by atoms with Crippen LogP contribution in [0.2, 0.25) is 0 Å². The monoisotopic (exact) mass is 260 g/mol. The van der Waals surface area contributed by atoms with Gasteiger partial charge in [-0.2, -0.15) is 13.2 Å². The molecule has 1 aromatic carbocycles. The number of halogens is 3. The molecule has 0 amide bonds. The highest BCUT2D eigenvalue weighted by Gasteiger charge is 2.30. The van der Waals surface area contributed by atoms with E-state index in [2.05, 4.69) is 0 Å². The summed E-state index contributed by atoms with van der Waals surface area (Å²) in [5, 5.41) is 0. The highest BCUT2D eigenvalue weighted by molar-refractivity contribution is 5.47. The first-order valence-electron chi connectivity index (χ1n) is 5.77. The fourth-order valence-electron chi connectivity index (χ4n) is 1.49. The molecule has 0 radical (unpaired) electrons. The molecule has 0 spiro atoms. The lowest BCUT2D eigenvalue weighted by atomic mass is 10.0. The second kappa shape index (κ2) is 5.18. The van der Waals surface area contributed by atoms with Crippen LogP contribution >= 0.6 is 0 Å². The van der Waals surface area contributed by atoms with Gasteiger partial charge >= 0.3 is 6.18 Å². The van der Waals surface area contributed by atoms with Crippen LogP contribution in [0.4, 0.5) is 18.9 Å². The van der Waals surface area contributed by atoms with Gasteiger partial charge in [-0.05, 0) is 44.5 Å². The van der Waals surface area contributed by atoms with E-state index in [0.29, 0.717) is 6.54 Å². The van der Waals surface area contributed by atoms with E-state index in [4.69, 9.17) is 5.73 Å². The predicted molar refractivity (Wildman–Crippen MR) is 67.6 cm³/mol. The van der Waals surface area contributed by atoms with Crippen molar-refractivity contribution in [3.8, 4) is 0 Å². The molecule has 18 heavy (non-hydrogen) atoms. The van der Waals surface area contributed by atoms with Gasteiger partial charge in [-0.3, -0.25) is 0 Å². The Balaban J connectivity index is 2.68. The zero-order chi connectivity index (χ0) is 14.0. The van der Waals surface area contributed by atoms with Crippen LogP contribution in [0.25, 0.3) is 0 Å². The summed E-state index contributed by atoms with van der Waals surface area (Å²) in [5.41, 5.74) is 5.72. The average Bonchev–Trinajstić information content (AvgIpc) is 2.24. The number of nitrogens with two attached hydrogens (primary N) is 1. The first kappa shape index (κ1) is 14.8. The van der Waals surface area contributed by atoms with Crippen LogP contribution in [-0.4, -0.2) is 19.1 Å². The summed E-state index contributed by atoms with van der Waals surface area (Å²) in [4.78, 5) is 1.90. The zero-order valence-corrected chi connectivity index (χ0v) is 10.9. The molecule has 0 aliphatic heterocycles. The molecule has 0 aromatic heterocycles. The summed E-state index contributed by atoms with van der Waals surface area (Å²) >= 11 is 0. The highest BCUT2D eigenvalue weighted by atomic mass is 19.4. The van der Waals surface area contributed by atoms with Crippen LogP contribution in [0.1, 0.15) is 25.8 Å². The molecule has 0 fully saturated rings. The molecule has 0 aliphatic carbocycles. The number of alkyl halides is 3. The van der Waals surface area contributed by atoms with Gasteiger partial charge in [0.15, 0.2) is 0 Å². The maximum atomic E-state index is 12.4. The second-order valence-corrected chi connectivity index (χ2v) is 5.20. The van der Waals surface area contributed by atoms with Crippen molar-refractivity contribution in [2.45, 2.75) is 32.0 Å². The van der Waals surface area contributed by atoms with E-state index < -0.39 is 11.7 Å². The van der Waals surface area contributed by atoms with Gasteiger partial charge in [0, 0.05) is 24.8 Å². The number of hydrogen-bond donors (Lipinski definition) is 1. The minimum absolute atomic E-state index is 0.278. The Labute approximate surface area is 106 Å². The van der Waals surface area contributed by atoms with Crippen molar-refractivity contribution in [1.82, 2.24) is 0 Å². The Bertz CT molecular complexity index is 377. The molecule has 0 atom stereocenters. The van der Waals surface area contributed by atoms with Crippen molar-refractivity contribution >= 4 is 5.69 Å². The van der Waals surface area contributed by atoms with E-state index in [-0.39, 0.29) is 5.54 Å². The van der Waals surface area contributed by atoms with E-state index in [1.54, 1.807) is 0 Å². The minimum Gasteiger partial charge on any atom is -0.375 e. The van der Waals surface area contributed by atoms with Gasteiger partial charge in [-0.1, -0.05) is 0 Å². The van der Waals surface area contributed by atoms with Crippen molar-refractivity contribution in [3.05, 3.63) is 29.8 Å². The molecule has 0 unspecified atom stereocenters. The van der Waals surface area contributed by atoms with Gasteiger partial charge in [0.05, 0.1) is 5.56 Å². The van der Waals surface area contributed by atoms with E-state index in [1.807, 2.05) is 25.8 Å². The maximum Gasteiger partial charge on any atom is 0.416 e. The Morgan fingerprint density at radius 1 is 1.11 bits per heavy atom. The number of rotatable bonds is 4. The molecule has 0 aliphatic rings. The molecule has 1 aromatic rings. The lowest BCUT2D eigenvalue weighted by Gasteiger charge is -2.25.